The summed E-state index contributed by atoms with van der Waals surface area (Å²) < 4.78 is 0. The van der Waals surface area contributed by atoms with E-state index in [-0.39, 0.29) is 0 Å². The molecule has 108 valence electrons. The van der Waals surface area contributed by atoms with Gasteiger partial charge in [0.15, 0.2) is 5.96 Å². The van der Waals surface area contributed by atoms with Gasteiger partial charge < -0.3 is 15.5 Å². The van der Waals surface area contributed by atoms with Crippen molar-refractivity contribution >= 4 is 5.96 Å². The molecule has 0 radical (unpaired) electrons. The van der Waals surface area contributed by atoms with Crippen molar-refractivity contribution in [3.05, 3.63) is 0 Å². The number of rotatable bonds is 9. The standard InChI is InChI=1S/C14H32N4/c1-6-15-14(16-7-2)17-13(5)11-10-12-18(8-3)9-4/h13H,6-12H2,1-5H3,(H2,15,16,17). The van der Waals surface area contributed by atoms with E-state index in [1.54, 1.807) is 0 Å². The van der Waals surface area contributed by atoms with Crippen LogP contribution in [0.25, 0.3) is 0 Å². The highest BCUT2D eigenvalue weighted by atomic mass is 15.2. The Labute approximate surface area is 113 Å². The lowest BCUT2D eigenvalue weighted by molar-refractivity contribution is 0.292. The van der Waals surface area contributed by atoms with Gasteiger partial charge in [0, 0.05) is 19.1 Å². The third kappa shape index (κ3) is 8.34. The van der Waals surface area contributed by atoms with Crippen LogP contribution in [-0.4, -0.2) is 49.6 Å². The number of hydrogen-bond acceptors (Lipinski definition) is 2. The number of nitrogens with zero attached hydrogens (tertiary/aromatic N) is 2. The number of aliphatic imine (C=N–C) groups is 1. The fourth-order valence-corrected chi connectivity index (χ4v) is 1.94. The van der Waals surface area contributed by atoms with Crippen molar-refractivity contribution in [1.29, 1.82) is 0 Å². The van der Waals surface area contributed by atoms with E-state index >= 15 is 0 Å². The second kappa shape index (κ2) is 11.3. The molecule has 0 heterocycles. The predicted molar refractivity (Wildman–Crippen MR) is 81.3 cm³/mol. The normalized spacial score (nSPS) is 13.8. The quantitative estimate of drug-likeness (QED) is 0.490. The number of hydrogen-bond donors (Lipinski definition) is 2. The Balaban J connectivity index is 3.87. The molecule has 0 aromatic carbocycles. The fraction of sp³-hybridized carbons (Fsp3) is 0.929. The average Bonchev–Trinajstić information content (AvgIpc) is 2.35. The van der Waals surface area contributed by atoms with E-state index in [1.807, 2.05) is 0 Å². The molecule has 0 saturated heterocycles. The minimum absolute atomic E-state index is 0.477. The zero-order valence-electron chi connectivity index (χ0n) is 12.9. The maximum Gasteiger partial charge on any atom is 0.191 e. The maximum absolute atomic E-state index is 4.41. The lowest BCUT2D eigenvalue weighted by Gasteiger charge is -2.21. The van der Waals surface area contributed by atoms with E-state index in [0.29, 0.717) is 6.04 Å². The SMILES string of the molecule is CCN=C(NCC)NC(C)CCCN(CC)CC. The molecule has 1 atom stereocenters. The van der Waals surface area contributed by atoms with Crippen molar-refractivity contribution < 1.29 is 0 Å². The first kappa shape index (κ1) is 17.2. The van der Waals surface area contributed by atoms with Gasteiger partial charge in [-0.2, -0.15) is 0 Å². The van der Waals surface area contributed by atoms with Crippen LogP contribution in [0.5, 0.6) is 0 Å². The molecule has 2 N–H and O–H groups in total. The van der Waals surface area contributed by atoms with Crippen molar-refractivity contribution in [2.75, 3.05) is 32.7 Å². The summed E-state index contributed by atoms with van der Waals surface area (Å²) >= 11 is 0. The van der Waals surface area contributed by atoms with Gasteiger partial charge in [-0.05, 0) is 53.2 Å². The van der Waals surface area contributed by atoms with Gasteiger partial charge in [0.1, 0.15) is 0 Å². The van der Waals surface area contributed by atoms with Gasteiger partial charge in [-0.1, -0.05) is 13.8 Å². The van der Waals surface area contributed by atoms with Gasteiger partial charge in [-0.3, -0.25) is 4.99 Å². The number of nitrogens with one attached hydrogen (secondary N) is 2. The molecule has 0 aromatic heterocycles. The predicted octanol–water partition coefficient (Wildman–Crippen LogP) is 2.07. The molecule has 0 rings (SSSR count). The zero-order valence-corrected chi connectivity index (χ0v) is 12.9. The van der Waals surface area contributed by atoms with Gasteiger partial charge in [0.25, 0.3) is 0 Å². The minimum Gasteiger partial charge on any atom is -0.357 e. The average molecular weight is 256 g/mol. The van der Waals surface area contributed by atoms with Crippen LogP contribution in [0.15, 0.2) is 4.99 Å². The molecular weight excluding hydrogens is 224 g/mol. The maximum atomic E-state index is 4.41. The highest BCUT2D eigenvalue weighted by Crippen LogP contribution is 1.99. The Hall–Kier alpha value is -0.770. The molecule has 0 saturated carbocycles. The lowest BCUT2D eigenvalue weighted by Crippen LogP contribution is -2.42. The van der Waals surface area contributed by atoms with E-state index in [4.69, 9.17) is 0 Å². The molecule has 0 aliphatic heterocycles. The molecule has 18 heavy (non-hydrogen) atoms. The first-order valence-electron chi connectivity index (χ1n) is 7.44. The van der Waals surface area contributed by atoms with Crippen LogP contribution in [0, 0.1) is 0 Å². The smallest absolute Gasteiger partial charge is 0.191 e. The monoisotopic (exact) mass is 256 g/mol. The molecule has 0 fully saturated rings. The van der Waals surface area contributed by atoms with E-state index in [9.17, 15) is 0 Å². The molecule has 0 bridgehead atoms. The van der Waals surface area contributed by atoms with Crippen molar-refractivity contribution in [1.82, 2.24) is 15.5 Å². The summed E-state index contributed by atoms with van der Waals surface area (Å²) in [6.07, 6.45) is 2.42. The fourth-order valence-electron chi connectivity index (χ4n) is 1.94. The second-order valence-electron chi connectivity index (χ2n) is 4.57. The third-order valence-corrected chi connectivity index (χ3v) is 3.05. The summed E-state index contributed by atoms with van der Waals surface area (Å²) in [5, 5.41) is 6.71. The largest absolute Gasteiger partial charge is 0.357 e. The highest BCUT2D eigenvalue weighted by Gasteiger charge is 2.05. The first-order chi connectivity index (χ1) is 8.67. The third-order valence-electron chi connectivity index (χ3n) is 3.05. The molecule has 0 spiro atoms. The van der Waals surface area contributed by atoms with Crippen molar-refractivity contribution in [2.45, 2.75) is 53.5 Å². The van der Waals surface area contributed by atoms with Crippen LogP contribution in [0.3, 0.4) is 0 Å². The van der Waals surface area contributed by atoms with Gasteiger partial charge in [-0.25, -0.2) is 0 Å². The Morgan fingerprint density at radius 3 is 2.33 bits per heavy atom. The summed E-state index contributed by atoms with van der Waals surface area (Å²) in [5.41, 5.74) is 0. The van der Waals surface area contributed by atoms with Gasteiger partial charge in [0.05, 0.1) is 0 Å². The van der Waals surface area contributed by atoms with Crippen LogP contribution < -0.4 is 10.6 Å². The molecule has 4 heteroatoms. The summed E-state index contributed by atoms with van der Waals surface area (Å²) in [5.74, 6) is 0.940. The van der Waals surface area contributed by atoms with Crippen LogP contribution in [0.2, 0.25) is 0 Å². The minimum atomic E-state index is 0.477. The zero-order chi connectivity index (χ0) is 13.8. The van der Waals surface area contributed by atoms with Crippen molar-refractivity contribution in [3.63, 3.8) is 0 Å². The Kier molecular flexibility index (Phi) is 10.8. The van der Waals surface area contributed by atoms with Crippen LogP contribution in [0.1, 0.15) is 47.5 Å². The summed E-state index contributed by atoms with van der Waals surface area (Å²) in [4.78, 5) is 6.88. The second-order valence-corrected chi connectivity index (χ2v) is 4.57. The van der Waals surface area contributed by atoms with E-state index in [2.05, 4.69) is 55.1 Å². The van der Waals surface area contributed by atoms with Crippen LogP contribution in [0.4, 0.5) is 0 Å². The summed E-state index contributed by atoms with van der Waals surface area (Å²) in [6, 6.07) is 0.477. The highest BCUT2D eigenvalue weighted by molar-refractivity contribution is 5.79. The van der Waals surface area contributed by atoms with Gasteiger partial charge in [-0.15, -0.1) is 0 Å². The molecule has 4 nitrogen and oxygen atoms in total. The van der Waals surface area contributed by atoms with Crippen LogP contribution >= 0.6 is 0 Å². The Bertz CT molecular complexity index is 212. The lowest BCUT2D eigenvalue weighted by atomic mass is 10.2. The molecular formula is C14H32N4. The Morgan fingerprint density at radius 1 is 1.17 bits per heavy atom. The first-order valence-corrected chi connectivity index (χ1v) is 7.44. The van der Waals surface area contributed by atoms with Crippen LogP contribution in [-0.2, 0) is 0 Å². The van der Waals surface area contributed by atoms with Gasteiger partial charge >= 0.3 is 0 Å². The molecule has 0 aliphatic carbocycles. The van der Waals surface area contributed by atoms with Crippen molar-refractivity contribution in [3.8, 4) is 0 Å². The van der Waals surface area contributed by atoms with E-state index in [1.165, 1.54) is 19.4 Å². The summed E-state index contributed by atoms with van der Waals surface area (Å²) in [7, 11) is 0. The molecule has 0 amide bonds. The molecule has 0 aromatic rings. The summed E-state index contributed by atoms with van der Waals surface area (Å²) in [6.45, 7) is 16.1. The van der Waals surface area contributed by atoms with E-state index in [0.717, 1.165) is 32.1 Å². The van der Waals surface area contributed by atoms with Gasteiger partial charge in [0.2, 0.25) is 0 Å². The molecule has 1 unspecified atom stereocenters. The Morgan fingerprint density at radius 2 is 1.83 bits per heavy atom. The number of guanidine groups is 1. The topological polar surface area (TPSA) is 39.7 Å². The van der Waals surface area contributed by atoms with Crippen molar-refractivity contribution in [2.24, 2.45) is 4.99 Å². The molecule has 0 aliphatic rings. The van der Waals surface area contributed by atoms with E-state index < -0.39 is 0 Å².